The maximum atomic E-state index is 13.2. The molecule has 0 aliphatic carbocycles. The third-order valence-electron chi connectivity index (χ3n) is 5.93. The number of amides is 1. The number of aliphatic hydroxyl groups is 1. The number of rotatable bonds is 7. The van der Waals surface area contributed by atoms with Crippen LogP contribution in [0.15, 0.2) is 76.8 Å². The Morgan fingerprint density at radius 1 is 0.971 bits per heavy atom. The average molecular weight is 557 g/mol. The molecule has 180 valence electrons. The molecular formula is C27H23BrClNO5. The summed E-state index contributed by atoms with van der Waals surface area (Å²) < 4.78 is 11.5. The molecule has 1 amide bonds. The third kappa shape index (κ3) is 5.06. The molecule has 1 aliphatic heterocycles. The number of ketones is 1. The first-order valence-electron chi connectivity index (χ1n) is 10.8. The van der Waals surface area contributed by atoms with Crippen molar-refractivity contribution in [3.8, 4) is 11.5 Å². The molecule has 0 radical (unpaired) electrons. The fourth-order valence-corrected chi connectivity index (χ4v) is 4.54. The summed E-state index contributed by atoms with van der Waals surface area (Å²) >= 11 is 9.45. The first-order valence-corrected chi connectivity index (χ1v) is 12.0. The standard InChI is InChI=1S/C27H23BrClNO5/c1-34-21-12-3-16(15-22(21)35-2)13-14-30-24(17-6-10-20(29)11-7-17)23(26(32)27(30)33)25(31)18-4-8-19(28)9-5-18/h3-12,15,24,31H,13-14H2,1-2H3/t24-/m1/s1. The minimum Gasteiger partial charge on any atom is -0.507 e. The van der Waals surface area contributed by atoms with Gasteiger partial charge in [0.1, 0.15) is 5.76 Å². The van der Waals surface area contributed by atoms with E-state index in [-0.39, 0.29) is 17.9 Å². The van der Waals surface area contributed by atoms with Crippen molar-refractivity contribution in [2.75, 3.05) is 20.8 Å². The molecule has 1 atom stereocenters. The van der Waals surface area contributed by atoms with Gasteiger partial charge in [-0.1, -0.05) is 57.9 Å². The lowest BCUT2D eigenvalue weighted by atomic mass is 9.95. The summed E-state index contributed by atoms with van der Waals surface area (Å²) in [5.41, 5.74) is 2.09. The maximum Gasteiger partial charge on any atom is 0.295 e. The van der Waals surface area contributed by atoms with Crippen LogP contribution in [0.4, 0.5) is 0 Å². The predicted octanol–water partition coefficient (Wildman–Crippen LogP) is 5.78. The number of ether oxygens (including phenoxy) is 2. The monoisotopic (exact) mass is 555 g/mol. The van der Waals surface area contributed by atoms with E-state index in [1.165, 1.54) is 4.90 Å². The largest absolute Gasteiger partial charge is 0.507 e. The van der Waals surface area contributed by atoms with E-state index < -0.39 is 17.7 Å². The fraction of sp³-hybridized carbons (Fsp3) is 0.185. The molecule has 3 aromatic rings. The van der Waals surface area contributed by atoms with Gasteiger partial charge in [-0.3, -0.25) is 9.59 Å². The zero-order chi connectivity index (χ0) is 25.1. The van der Waals surface area contributed by atoms with Gasteiger partial charge in [0.05, 0.1) is 25.8 Å². The summed E-state index contributed by atoms with van der Waals surface area (Å²) in [7, 11) is 3.12. The minimum atomic E-state index is -0.754. The summed E-state index contributed by atoms with van der Waals surface area (Å²) in [6.45, 7) is 0.254. The highest BCUT2D eigenvalue weighted by atomic mass is 79.9. The first-order chi connectivity index (χ1) is 16.8. The Labute approximate surface area is 216 Å². The molecular weight excluding hydrogens is 534 g/mol. The number of halogens is 2. The number of carbonyl (C=O) groups is 2. The summed E-state index contributed by atoms with van der Waals surface area (Å²) in [6, 6.07) is 18.6. The molecule has 1 saturated heterocycles. The Kier molecular flexibility index (Phi) is 7.48. The quantitative estimate of drug-likeness (QED) is 0.227. The molecule has 0 bridgehead atoms. The van der Waals surface area contributed by atoms with Crippen molar-refractivity contribution < 1.29 is 24.2 Å². The number of hydrogen-bond acceptors (Lipinski definition) is 5. The molecule has 0 aromatic heterocycles. The second-order valence-electron chi connectivity index (χ2n) is 7.99. The van der Waals surface area contributed by atoms with E-state index in [0.29, 0.717) is 34.1 Å². The van der Waals surface area contributed by atoms with Gasteiger partial charge in [0.2, 0.25) is 0 Å². The molecule has 1 aliphatic rings. The highest BCUT2D eigenvalue weighted by Crippen LogP contribution is 2.40. The Morgan fingerprint density at radius 2 is 1.63 bits per heavy atom. The molecule has 1 N–H and O–H groups in total. The summed E-state index contributed by atoms with van der Waals surface area (Å²) in [5.74, 6) is -0.421. The molecule has 1 heterocycles. The molecule has 0 spiro atoms. The Hall–Kier alpha value is -3.29. The van der Waals surface area contributed by atoms with Crippen molar-refractivity contribution in [2.24, 2.45) is 0 Å². The smallest absolute Gasteiger partial charge is 0.295 e. The van der Waals surface area contributed by atoms with Gasteiger partial charge >= 0.3 is 0 Å². The van der Waals surface area contributed by atoms with Crippen LogP contribution in [0.1, 0.15) is 22.7 Å². The Bertz CT molecular complexity index is 1290. The third-order valence-corrected chi connectivity index (χ3v) is 6.71. The fourth-order valence-electron chi connectivity index (χ4n) is 4.15. The van der Waals surface area contributed by atoms with Crippen LogP contribution in [-0.4, -0.2) is 42.5 Å². The number of benzene rings is 3. The van der Waals surface area contributed by atoms with E-state index in [9.17, 15) is 14.7 Å². The van der Waals surface area contributed by atoms with Gasteiger partial charge in [0.15, 0.2) is 11.5 Å². The summed E-state index contributed by atoms with van der Waals surface area (Å²) in [4.78, 5) is 27.8. The first kappa shape index (κ1) is 24.8. The van der Waals surface area contributed by atoms with Gasteiger partial charge in [-0.25, -0.2) is 0 Å². The SMILES string of the molecule is COc1ccc(CCN2C(=O)C(=O)C(=C(O)c3ccc(Br)cc3)[C@H]2c2ccc(Cl)cc2)cc1OC. The Morgan fingerprint density at radius 3 is 2.26 bits per heavy atom. The van der Waals surface area contributed by atoms with E-state index in [0.717, 1.165) is 10.0 Å². The number of nitrogens with zero attached hydrogens (tertiary/aromatic N) is 1. The Balaban J connectivity index is 1.73. The van der Waals surface area contributed by atoms with Crippen LogP contribution in [0, 0.1) is 0 Å². The zero-order valence-corrected chi connectivity index (χ0v) is 21.5. The lowest BCUT2D eigenvalue weighted by molar-refractivity contribution is -0.139. The molecule has 0 unspecified atom stereocenters. The van der Waals surface area contributed by atoms with Crippen LogP contribution in [-0.2, 0) is 16.0 Å². The molecule has 35 heavy (non-hydrogen) atoms. The number of carbonyl (C=O) groups excluding carboxylic acids is 2. The lowest BCUT2D eigenvalue weighted by Gasteiger charge is -2.25. The molecule has 4 rings (SSSR count). The summed E-state index contributed by atoms with van der Waals surface area (Å²) in [5, 5.41) is 11.7. The van der Waals surface area contributed by atoms with Gasteiger partial charge in [-0.2, -0.15) is 0 Å². The summed E-state index contributed by atoms with van der Waals surface area (Å²) in [6.07, 6.45) is 0.468. The minimum absolute atomic E-state index is 0.0481. The van der Waals surface area contributed by atoms with Crippen molar-refractivity contribution in [3.05, 3.63) is 98.5 Å². The molecule has 6 nitrogen and oxygen atoms in total. The van der Waals surface area contributed by atoms with Crippen molar-refractivity contribution in [3.63, 3.8) is 0 Å². The predicted molar refractivity (Wildman–Crippen MR) is 138 cm³/mol. The zero-order valence-electron chi connectivity index (χ0n) is 19.1. The van der Waals surface area contributed by atoms with Crippen molar-refractivity contribution in [2.45, 2.75) is 12.5 Å². The van der Waals surface area contributed by atoms with E-state index in [1.807, 2.05) is 12.1 Å². The normalized spacial score (nSPS) is 17.0. The van der Waals surface area contributed by atoms with Crippen LogP contribution >= 0.6 is 27.5 Å². The van der Waals surface area contributed by atoms with Gasteiger partial charge in [0.25, 0.3) is 11.7 Å². The van der Waals surface area contributed by atoms with Crippen molar-refractivity contribution in [1.29, 1.82) is 0 Å². The number of Topliss-reactive ketones (excluding diaryl/α,β-unsaturated/α-hetero) is 1. The van der Waals surface area contributed by atoms with Crippen LogP contribution in [0.5, 0.6) is 11.5 Å². The van der Waals surface area contributed by atoms with Crippen molar-refractivity contribution in [1.82, 2.24) is 4.90 Å². The van der Waals surface area contributed by atoms with Gasteiger partial charge in [-0.05, 0) is 53.9 Å². The van der Waals surface area contributed by atoms with Crippen LogP contribution in [0.25, 0.3) is 5.76 Å². The highest BCUT2D eigenvalue weighted by Gasteiger charge is 2.45. The molecule has 0 saturated carbocycles. The number of methoxy groups -OCH3 is 2. The number of likely N-dealkylation sites (tertiary alicyclic amines) is 1. The van der Waals surface area contributed by atoms with Crippen molar-refractivity contribution >= 4 is 45.0 Å². The van der Waals surface area contributed by atoms with E-state index in [1.54, 1.807) is 68.8 Å². The highest BCUT2D eigenvalue weighted by molar-refractivity contribution is 9.10. The van der Waals surface area contributed by atoms with E-state index >= 15 is 0 Å². The second kappa shape index (κ2) is 10.5. The molecule has 8 heteroatoms. The van der Waals surface area contributed by atoms with Gasteiger partial charge in [-0.15, -0.1) is 0 Å². The lowest BCUT2D eigenvalue weighted by Crippen LogP contribution is -2.31. The maximum absolute atomic E-state index is 13.2. The van der Waals surface area contributed by atoms with Gasteiger partial charge in [0, 0.05) is 21.6 Å². The van der Waals surface area contributed by atoms with Crippen LogP contribution in [0.3, 0.4) is 0 Å². The number of hydrogen-bond donors (Lipinski definition) is 1. The topological polar surface area (TPSA) is 76.1 Å². The van der Waals surface area contributed by atoms with Crippen LogP contribution in [0.2, 0.25) is 5.02 Å². The van der Waals surface area contributed by atoms with Crippen LogP contribution < -0.4 is 9.47 Å². The number of aliphatic hydroxyl groups excluding tert-OH is 1. The van der Waals surface area contributed by atoms with E-state index in [2.05, 4.69) is 15.9 Å². The van der Waals surface area contributed by atoms with Gasteiger partial charge < -0.3 is 19.5 Å². The van der Waals surface area contributed by atoms with E-state index in [4.69, 9.17) is 21.1 Å². The average Bonchev–Trinajstić information content (AvgIpc) is 3.12. The molecule has 3 aromatic carbocycles. The molecule has 1 fully saturated rings. The second-order valence-corrected chi connectivity index (χ2v) is 9.34.